The number of carbonyl (C=O) groups excluding carboxylic acids is 1. The summed E-state index contributed by atoms with van der Waals surface area (Å²) in [7, 11) is -3.70. The molecule has 3 N–H and O–H groups in total. The van der Waals surface area contributed by atoms with Crippen molar-refractivity contribution < 1.29 is 13.2 Å². The molecule has 2 aromatic rings. The average molecular weight is 424 g/mol. The zero-order chi connectivity index (χ0) is 19.4. The topological polar surface area (TPSA) is 87.3 Å². The third kappa shape index (κ3) is 5.47. The lowest BCUT2D eigenvalue weighted by atomic mass is 10.1. The Morgan fingerprint density at radius 3 is 2.39 bits per heavy atom. The molecular weight excluding hydrogens is 398 g/mol. The summed E-state index contributed by atoms with van der Waals surface area (Å²) in [5.74, 6) is -0.185. The van der Waals surface area contributed by atoms with Crippen LogP contribution in [0.25, 0.3) is 0 Å². The lowest BCUT2D eigenvalue weighted by Crippen LogP contribution is -2.45. The van der Waals surface area contributed by atoms with Crippen LogP contribution in [0.4, 0.5) is 5.69 Å². The van der Waals surface area contributed by atoms with E-state index < -0.39 is 10.0 Å². The highest BCUT2D eigenvalue weighted by molar-refractivity contribution is 7.92. The first kappa shape index (κ1) is 22.2. The van der Waals surface area contributed by atoms with Crippen molar-refractivity contribution in [2.24, 2.45) is 0 Å². The van der Waals surface area contributed by atoms with Crippen LogP contribution in [0.3, 0.4) is 0 Å². The fourth-order valence-electron chi connectivity index (χ4n) is 3.05. The van der Waals surface area contributed by atoms with Crippen molar-refractivity contribution in [3.63, 3.8) is 0 Å². The molecule has 0 bridgehead atoms. The van der Waals surface area contributed by atoms with Crippen molar-refractivity contribution in [2.45, 2.75) is 37.6 Å². The predicted molar refractivity (Wildman–Crippen MR) is 114 cm³/mol. The summed E-state index contributed by atoms with van der Waals surface area (Å²) in [6.07, 6.45) is 1.98. The lowest BCUT2D eigenvalue weighted by molar-refractivity contribution is 0.0930. The highest BCUT2D eigenvalue weighted by atomic mass is 35.5. The smallest absolute Gasteiger partial charge is 0.261 e. The summed E-state index contributed by atoms with van der Waals surface area (Å²) in [5.41, 5.74) is 3.08. The molecule has 1 amide bonds. The number of piperidine rings is 1. The maximum Gasteiger partial charge on any atom is 0.261 e. The fraction of sp³-hybridized carbons (Fsp3) is 0.350. The Morgan fingerprint density at radius 2 is 1.79 bits per heavy atom. The summed E-state index contributed by atoms with van der Waals surface area (Å²) in [4.78, 5) is 12.5. The van der Waals surface area contributed by atoms with E-state index in [-0.39, 0.29) is 29.3 Å². The maximum atomic E-state index is 12.6. The van der Waals surface area contributed by atoms with Gasteiger partial charge in [-0.25, -0.2) is 8.42 Å². The molecule has 6 nitrogen and oxygen atoms in total. The Hall–Kier alpha value is -2.09. The van der Waals surface area contributed by atoms with Gasteiger partial charge in [0.25, 0.3) is 15.9 Å². The van der Waals surface area contributed by atoms with Gasteiger partial charge in [-0.3, -0.25) is 9.52 Å². The highest BCUT2D eigenvalue weighted by Crippen LogP contribution is 2.19. The van der Waals surface area contributed by atoms with Crippen molar-refractivity contribution in [1.29, 1.82) is 0 Å². The molecule has 0 aliphatic carbocycles. The van der Waals surface area contributed by atoms with Gasteiger partial charge in [-0.05, 0) is 80.8 Å². The number of benzene rings is 2. The minimum absolute atomic E-state index is 0. The molecule has 1 fully saturated rings. The first-order chi connectivity index (χ1) is 12.8. The largest absolute Gasteiger partial charge is 0.348 e. The number of aryl methyl sites for hydroxylation is 2. The third-order valence-corrected chi connectivity index (χ3v) is 6.22. The zero-order valence-corrected chi connectivity index (χ0v) is 17.6. The Morgan fingerprint density at radius 1 is 1.07 bits per heavy atom. The lowest BCUT2D eigenvalue weighted by Gasteiger charge is -2.23. The SMILES string of the molecule is Cc1ccc(NS(=O)(=O)c2ccc(C(=O)N[C@H]3CCCNC3)cc2)cc1C.Cl. The van der Waals surface area contributed by atoms with E-state index in [9.17, 15) is 13.2 Å². The molecule has 1 aliphatic rings. The number of hydrogen-bond donors (Lipinski definition) is 3. The van der Waals surface area contributed by atoms with E-state index in [0.29, 0.717) is 11.3 Å². The summed E-state index contributed by atoms with van der Waals surface area (Å²) in [5, 5.41) is 6.23. The van der Waals surface area contributed by atoms with Crippen molar-refractivity contribution in [1.82, 2.24) is 10.6 Å². The van der Waals surface area contributed by atoms with Gasteiger partial charge in [0, 0.05) is 23.8 Å². The quantitative estimate of drug-likeness (QED) is 0.689. The number of sulfonamides is 1. The van der Waals surface area contributed by atoms with Crippen molar-refractivity contribution >= 4 is 34.0 Å². The maximum absolute atomic E-state index is 12.6. The van der Waals surface area contributed by atoms with E-state index >= 15 is 0 Å². The number of amides is 1. The van der Waals surface area contributed by atoms with Crippen LogP contribution in [0.15, 0.2) is 47.4 Å². The summed E-state index contributed by atoms with van der Waals surface area (Å²) >= 11 is 0. The molecule has 0 aromatic heterocycles. The van der Waals surface area contributed by atoms with Gasteiger partial charge in [0.2, 0.25) is 0 Å². The number of carbonyl (C=O) groups is 1. The van der Waals surface area contributed by atoms with Gasteiger partial charge < -0.3 is 10.6 Å². The van der Waals surface area contributed by atoms with Gasteiger partial charge in [0.1, 0.15) is 0 Å². The second-order valence-electron chi connectivity index (χ2n) is 6.95. The van der Waals surface area contributed by atoms with E-state index in [1.807, 2.05) is 19.9 Å². The van der Waals surface area contributed by atoms with Crippen LogP contribution in [0.1, 0.15) is 34.3 Å². The number of rotatable bonds is 5. The first-order valence-electron chi connectivity index (χ1n) is 9.07. The van der Waals surface area contributed by atoms with Crippen LogP contribution in [-0.2, 0) is 10.0 Å². The van der Waals surface area contributed by atoms with Crippen LogP contribution >= 0.6 is 12.4 Å². The monoisotopic (exact) mass is 423 g/mol. The highest BCUT2D eigenvalue weighted by Gasteiger charge is 2.18. The molecule has 0 radical (unpaired) electrons. The standard InChI is InChI=1S/C20H25N3O3S.ClH/c1-14-5-8-17(12-15(14)2)23-27(25,26)19-9-6-16(7-10-19)20(24)22-18-4-3-11-21-13-18;/h5-10,12,18,21,23H,3-4,11,13H2,1-2H3,(H,22,24);1H/t18-;/m0./s1. The molecule has 1 atom stereocenters. The Kier molecular flexibility index (Phi) is 7.46. The molecule has 3 rings (SSSR count). The van der Waals surface area contributed by atoms with Crippen molar-refractivity contribution in [2.75, 3.05) is 17.8 Å². The molecule has 8 heteroatoms. The van der Waals surface area contributed by atoms with E-state index in [4.69, 9.17) is 0 Å². The molecule has 0 saturated carbocycles. The van der Waals surface area contributed by atoms with Crippen LogP contribution < -0.4 is 15.4 Å². The molecule has 2 aromatic carbocycles. The molecule has 152 valence electrons. The van der Waals surface area contributed by atoms with Crippen molar-refractivity contribution in [3.05, 3.63) is 59.2 Å². The van der Waals surface area contributed by atoms with Crippen molar-refractivity contribution in [3.8, 4) is 0 Å². The minimum atomic E-state index is -3.70. The Labute approximate surface area is 172 Å². The third-order valence-electron chi connectivity index (χ3n) is 4.82. The molecule has 1 heterocycles. The number of hydrogen-bond acceptors (Lipinski definition) is 4. The van der Waals surface area contributed by atoms with Gasteiger partial charge in [-0.2, -0.15) is 0 Å². The molecule has 28 heavy (non-hydrogen) atoms. The molecular formula is C20H26ClN3O3S. The van der Waals surface area contributed by atoms with Gasteiger partial charge in [-0.1, -0.05) is 6.07 Å². The van der Waals surface area contributed by atoms with Gasteiger partial charge in [0.05, 0.1) is 4.90 Å². The normalized spacial score (nSPS) is 16.7. The van der Waals surface area contributed by atoms with E-state index in [2.05, 4.69) is 15.4 Å². The fourth-order valence-corrected chi connectivity index (χ4v) is 4.10. The Balaban J connectivity index is 0.00000280. The summed E-state index contributed by atoms with van der Waals surface area (Å²) in [6, 6.07) is 11.5. The predicted octanol–water partition coefficient (Wildman–Crippen LogP) is 3.01. The average Bonchev–Trinajstić information content (AvgIpc) is 2.65. The van der Waals surface area contributed by atoms with E-state index in [1.165, 1.54) is 12.1 Å². The van der Waals surface area contributed by atoms with Crippen LogP contribution in [0.5, 0.6) is 0 Å². The summed E-state index contributed by atoms with van der Waals surface area (Å²) < 4.78 is 27.7. The number of halogens is 1. The minimum Gasteiger partial charge on any atom is -0.348 e. The number of nitrogens with one attached hydrogen (secondary N) is 3. The second-order valence-corrected chi connectivity index (χ2v) is 8.63. The van der Waals surface area contributed by atoms with Gasteiger partial charge >= 0.3 is 0 Å². The second kappa shape index (κ2) is 9.41. The van der Waals surface area contributed by atoms with Crippen LogP contribution in [-0.4, -0.2) is 33.5 Å². The van der Waals surface area contributed by atoms with E-state index in [1.54, 1.807) is 24.3 Å². The van der Waals surface area contributed by atoms with Crippen LogP contribution in [0, 0.1) is 13.8 Å². The number of anilines is 1. The molecule has 0 spiro atoms. The van der Waals surface area contributed by atoms with E-state index in [0.717, 1.165) is 37.1 Å². The molecule has 1 aliphatic heterocycles. The summed E-state index contributed by atoms with van der Waals surface area (Å²) in [6.45, 7) is 5.65. The first-order valence-corrected chi connectivity index (χ1v) is 10.6. The van der Waals surface area contributed by atoms with Gasteiger partial charge in [0.15, 0.2) is 0 Å². The van der Waals surface area contributed by atoms with Gasteiger partial charge in [-0.15, -0.1) is 12.4 Å². The molecule has 0 unspecified atom stereocenters. The zero-order valence-electron chi connectivity index (χ0n) is 16.0. The van der Waals surface area contributed by atoms with Crippen LogP contribution in [0.2, 0.25) is 0 Å². The Bertz CT molecular complexity index is 924. The molecule has 1 saturated heterocycles.